The number of hydrogen-bond acceptors (Lipinski definition) is 5. The molecule has 144 valence electrons. The molecular formula is C19H28N2O5. The summed E-state index contributed by atoms with van der Waals surface area (Å²) in [5.41, 5.74) is 5.85. The lowest BCUT2D eigenvalue weighted by Gasteiger charge is -2.31. The number of piperidine rings is 1. The number of nitrogens with zero attached hydrogens (tertiary/aromatic N) is 1. The second-order valence-electron chi connectivity index (χ2n) is 6.07. The van der Waals surface area contributed by atoms with Crippen LogP contribution in [0, 0.1) is 5.92 Å². The second kappa shape index (κ2) is 9.31. The largest absolute Gasteiger partial charge is 0.490 e. The molecule has 0 saturated carbocycles. The minimum atomic E-state index is -0.296. The van der Waals surface area contributed by atoms with Gasteiger partial charge in [0.25, 0.3) is 5.91 Å². The van der Waals surface area contributed by atoms with Crippen LogP contribution in [-0.4, -0.2) is 49.6 Å². The van der Waals surface area contributed by atoms with Crippen LogP contribution in [0.25, 0.3) is 0 Å². The Morgan fingerprint density at radius 2 is 1.50 bits per heavy atom. The molecular weight excluding hydrogens is 336 g/mol. The van der Waals surface area contributed by atoms with Crippen molar-refractivity contribution in [3.63, 3.8) is 0 Å². The molecule has 2 amide bonds. The maximum atomic E-state index is 12.9. The summed E-state index contributed by atoms with van der Waals surface area (Å²) < 4.78 is 17.0. The standard InChI is InChI=1S/C19H28N2O5/c1-4-24-15-11-14(12-16(25-5-2)17(15)26-6-3)19(23)21-9-7-13(8-10-21)18(20)22/h11-13H,4-10H2,1-3H3,(H2,20,22). The van der Waals surface area contributed by atoms with Crippen molar-refractivity contribution in [1.82, 2.24) is 4.90 Å². The molecule has 7 nitrogen and oxygen atoms in total. The van der Waals surface area contributed by atoms with Gasteiger partial charge < -0.3 is 24.8 Å². The van der Waals surface area contributed by atoms with Gasteiger partial charge in [-0.2, -0.15) is 0 Å². The van der Waals surface area contributed by atoms with E-state index in [-0.39, 0.29) is 17.7 Å². The molecule has 2 N–H and O–H groups in total. The molecule has 0 bridgehead atoms. The predicted molar refractivity (Wildman–Crippen MR) is 97.8 cm³/mol. The van der Waals surface area contributed by atoms with Gasteiger partial charge in [-0.3, -0.25) is 9.59 Å². The molecule has 1 aliphatic heterocycles. The second-order valence-corrected chi connectivity index (χ2v) is 6.07. The number of likely N-dealkylation sites (tertiary alicyclic amines) is 1. The van der Waals surface area contributed by atoms with E-state index in [1.54, 1.807) is 17.0 Å². The molecule has 7 heteroatoms. The van der Waals surface area contributed by atoms with Crippen LogP contribution in [-0.2, 0) is 4.79 Å². The fraction of sp³-hybridized carbons (Fsp3) is 0.579. The molecule has 1 aromatic carbocycles. The first-order valence-corrected chi connectivity index (χ1v) is 9.16. The van der Waals surface area contributed by atoms with E-state index in [0.29, 0.717) is 68.6 Å². The zero-order valence-corrected chi connectivity index (χ0v) is 15.7. The van der Waals surface area contributed by atoms with E-state index >= 15 is 0 Å². The van der Waals surface area contributed by atoms with Crippen molar-refractivity contribution in [3.05, 3.63) is 17.7 Å². The number of benzene rings is 1. The Morgan fingerprint density at radius 3 is 1.92 bits per heavy atom. The SMILES string of the molecule is CCOc1cc(C(=O)N2CCC(C(N)=O)CC2)cc(OCC)c1OCC. The summed E-state index contributed by atoms with van der Waals surface area (Å²) in [7, 11) is 0. The number of primary amides is 1. The van der Waals surface area contributed by atoms with Gasteiger partial charge in [-0.15, -0.1) is 0 Å². The summed E-state index contributed by atoms with van der Waals surface area (Å²) in [6.07, 6.45) is 1.18. The molecule has 0 radical (unpaired) electrons. The highest BCUT2D eigenvalue weighted by atomic mass is 16.5. The number of carbonyl (C=O) groups excluding carboxylic acids is 2. The van der Waals surface area contributed by atoms with E-state index in [0.717, 1.165) is 0 Å². The van der Waals surface area contributed by atoms with Crippen molar-refractivity contribution in [2.45, 2.75) is 33.6 Å². The highest BCUT2D eigenvalue weighted by Crippen LogP contribution is 2.39. The Balaban J connectivity index is 2.27. The monoisotopic (exact) mass is 364 g/mol. The third kappa shape index (κ3) is 4.59. The van der Waals surface area contributed by atoms with Crippen molar-refractivity contribution in [1.29, 1.82) is 0 Å². The van der Waals surface area contributed by atoms with Crippen LogP contribution in [0.5, 0.6) is 17.2 Å². The van der Waals surface area contributed by atoms with E-state index in [2.05, 4.69) is 0 Å². The third-order valence-corrected chi connectivity index (χ3v) is 4.34. The average molecular weight is 364 g/mol. The van der Waals surface area contributed by atoms with E-state index in [9.17, 15) is 9.59 Å². The molecule has 1 aliphatic rings. The van der Waals surface area contributed by atoms with Gasteiger partial charge in [0.1, 0.15) is 0 Å². The van der Waals surface area contributed by atoms with Gasteiger partial charge >= 0.3 is 0 Å². The van der Waals surface area contributed by atoms with Crippen LogP contribution in [0.1, 0.15) is 44.0 Å². The zero-order valence-electron chi connectivity index (χ0n) is 15.7. The highest BCUT2D eigenvalue weighted by Gasteiger charge is 2.28. The number of hydrogen-bond donors (Lipinski definition) is 1. The zero-order chi connectivity index (χ0) is 19.1. The van der Waals surface area contributed by atoms with Crippen molar-refractivity contribution in [2.24, 2.45) is 11.7 Å². The van der Waals surface area contributed by atoms with E-state index < -0.39 is 0 Å². The molecule has 2 rings (SSSR count). The summed E-state index contributed by atoms with van der Waals surface area (Å²) in [5.74, 6) is 0.942. The fourth-order valence-electron chi connectivity index (χ4n) is 3.06. The van der Waals surface area contributed by atoms with Crippen LogP contribution in [0.4, 0.5) is 0 Å². The normalized spacial score (nSPS) is 14.8. The molecule has 0 aromatic heterocycles. The van der Waals surface area contributed by atoms with E-state index in [1.807, 2.05) is 20.8 Å². The fourth-order valence-corrected chi connectivity index (χ4v) is 3.06. The molecule has 0 aliphatic carbocycles. The van der Waals surface area contributed by atoms with Crippen molar-refractivity contribution < 1.29 is 23.8 Å². The van der Waals surface area contributed by atoms with E-state index in [4.69, 9.17) is 19.9 Å². The molecule has 0 spiro atoms. The lowest BCUT2D eigenvalue weighted by atomic mass is 9.96. The predicted octanol–water partition coefficient (Wildman–Crippen LogP) is 2.22. The van der Waals surface area contributed by atoms with Gasteiger partial charge in [0.2, 0.25) is 11.7 Å². The minimum absolute atomic E-state index is 0.113. The van der Waals surface area contributed by atoms with Crippen molar-refractivity contribution in [3.8, 4) is 17.2 Å². The Bertz CT molecular complexity index is 612. The highest BCUT2D eigenvalue weighted by molar-refractivity contribution is 5.96. The summed E-state index contributed by atoms with van der Waals surface area (Å²) in [4.78, 5) is 26.0. The van der Waals surface area contributed by atoms with Gasteiger partial charge in [-0.1, -0.05) is 0 Å². The average Bonchev–Trinajstić information content (AvgIpc) is 2.64. The van der Waals surface area contributed by atoms with Crippen LogP contribution in [0.2, 0.25) is 0 Å². The number of nitrogens with two attached hydrogens (primary N) is 1. The first kappa shape index (κ1) is 19.9. The van der Waals surface area contributed by atoms with Gasteiger partial charge in [0.15, 0.2) is 11.5 Å². The molecule has 1 fully saturated rings. The maximum absolute atomic E-state index is 12.9. The van der Waals surface area contributed by atoms with Gasteiger partial charge in [0.05, 0.1) is 19.8 Å². The topological polar surface area (TPSA) is 91.1 Å². The van der Waals surface area contributed by atoms with Gasteiger partial charge in [0, 0.05) is 24.6 Å². The Kier molecular flexibility index (Phi) is 7.12. The first-order valence-electron chi connectivity index (χ1n) is 9.16. The van der Waals surface area contributed by atoms with E-state index in [1.165, 1.54) is 0 Å². The van der Waals surface area contributed by atoms with Gasteiger partial charge in [-0.25, -0.2) is 0 Å². The summed E-state index contributed by atoms with van der Waals surface area (Å²) >= 11 is 0. The minimum Gasteiger partial charge on any atom is -0.490 e. The maximum Gasteiger partial charge on any atom is 0.254 e. The van der Waals surface area contributed by atoms with Crippen LogP contribution in [0.3, 0.4) is 0 Å². The van der Waals surface area contributed by atoms with Crippen molar-refractivity contribution >= 4 is 11.8 Å². The van der Waals surface area contributed by atoms with Crippen LogP contribution in [0.15, 0.2) is 12.1 Å². The Labute approximate surface area is 154 Å². The van der Waals surface area contributed by atoms with Crippen LogP contribution < -0.4 is 19.9 Å². The lowest BCUT2D eigenvalue weighted by molar-refractivity contribution is -0.123. The lowest BCUT2D eigenvalue weighted by Crippen LogP contribution is -2.41. The molecule has 1 saturated heterocycles. The van der Waals surface area contributed by atoms with Gasteiger partial charge in [-0.05, 0) is 45.7 Å². The quantitative estimate of drug-likeness (QED) is 0.764. The molecule has 1 heterocycles. The third-order valence-electron chi connectivity index (χ3n) is 4.34. The summed E-state index contributed by atoms with van der Waals surface area (Å²) in [6.45, 7) is 8.02. The molecule has 0 unspecified atom stereocenters. The smallest absolute Gasteiger partial charge is 0.254 e. The number of ether oxygens (including phenoxy) is 3. The molecule has 26 heavy (non-hydrogen) atoms. The number of rotatable bonds is 8. The molecule has 0 atom stereocenters. The number of carbonyl (C=O) groups is 2. The van der Waals surface area contributed by atoms with Crippen molar-refractivity contribution in [2.75, 3.05) is 32.9 Å². The Hall–Kier alpha value is -2.44. The summed E-state index contributed by atoms with van der Waals surface area (Å²) in [6, 6.07) is 3.39. The van der Waals surface area contributed by atoms with Crippen LogP contribution >= 0.6 is 0 Å². The Morgan fingerprint density at radius 1 is 1.00 bits per heavy atom. The number of amides is 2. The molecule has 1 aromatic rings. The summed E-state index contributed by atoms with van der Waals surface area (Å²) in [5, 5.41) is 0. The first-order chi connectivity index (χ1) is 12.5.